The van der Waals surface area contributed by atoms with Crippen LogP contribution in [0.3, 0.4) is 0 Å². The minimum Gasteiger partial charge on any atom is -0.508 e. The molecule has 4 aliphatic rings. The Kier molecular flexibility index (Phi) is 9.81. The number of benzene rings is 3. The summed E-state index contributed by atoms with van der Waals surface area (Å²) in [6, 6.07) is 23.4. The van der Waals surface area contributed by atoms with Gasteiger partial charge in [-0.25, -0.2) is 0 Å². The van der Waals surface area contributed by atoms with E-state index in [-0.39, 0.29) is 23.5 Å². The highest BCUT2D eigenvalue weighted by molar-refractivity contribution is 5.77. The maximum Gasteiger partial charge on any atom is 0.222 e. The molecule has 48 heavy (non-hydrogen) atoms. The highest BCUT2D eigenvalue weighted by Crippen LogP contribution is 2.65. The van der Waals surface area contributed by atoms with Crippen molar-refractivity contribution in [1.82, 2.24) is 9.80 Å². The zero-order valence-corrected chi connectivity index (χ0v) is 28.6. The number of ether oxygens (including phenoxy) is 2. The molecule has 3 aromatic carbocycles. The van der Waals surface area contributed by atoms with Crippen molar-refractivity contribution in [3.8, 4) is 17.2 Å². The van der Waals surface area contributed by atoms with Gasteiger partial charge in [-0.3, -0.25) is 9.69 Å². The van der Waals surface area contributed by atoms with Gasteiger partial charge in [-0.15, -0.1) is 6.58 Å². The second kappa shape index (κ2) is 14.4. The molecule has 2 fully saturated rings. The number of carbonyl (C=O) groups excluding carboxylic acids is 1. The Morgan fingerprint density at radius 1 is 1.02 bits per heavy atom. The molecule has 7 rings (SSSR count). The van der Waals surface area contributed by atoms with E-state index in [1.807, 2.05) is 6.08 Å². The first-order valence-corrected chi connectivity index (χ1v) is 18.4. The Bertz CT molecular complexity index is 1580. The molecule has 1 N–H and O–H groups in total. The summed E-state index contributed by atoms with van der Waals surface area (Å²) in [7, 11) is 1.66. The molecule has 2 aliphatic carbocycles. The Morgan fingerprint density at radius 3 is 2.42 bits per heavy atom. The molecule has 1 amide bonds. The lowest BCUT2D eigenvalue weighted by Gasteiger charge is -2.60. The van der Waals surface area contributed by atoms with E-state index in [1.165, 1.54) is 16.7 Å². The third-order valence-electron chi connectivity index (χ3n) is 12.0. The number of phenolic OH excluding ortho intramolecular Hbond substituents is 1. The Labute approximate surface area is 286 Å². The number of hydrogen-bond acceptors (Lipinski definition) is 5. The summed E-state index contributed by atoms with van der Waals surface area (Å²) in [5, 5.41) is 11.3. The number of rotatable bonds is 15. The fourth-order valence-electron chi connectivity index (χ4n) is 9.82. The molecule has 6 nitrogen and oxygen atoms in total. The molecular weight excluding hydrogens is 596 g/mol. The second-order valence-corrected chi connectivity index (χ2v) is 14.5. The van der Waals surface area contributed by atoms with E-state index in [2.05, 4.69) is 77.0 Å². The summed E-state index contributed by atoms with van der Waals surface area (Å²) in [6.07, 6.45) is 13.3. The number of likely N-dealkylation sites (tertiary alicyclic amines) is 1. The Balaban J connectivity index is 1.14. The van der Waals surface area contributed by atoms with Crippen LogP contribution in [0.4, 0.5) is 0 Å². The third kappa shape index (κ3) is 6.02. The Hall–Kier alpha value is -3.77. The van der Waals surface area contributed by atoms with Crippen LogP contribution in [0.1, 0.15) is 80.0 Å². The van der Waals surface area contributed by atoms with Gasteiger partial charge in [-0.2, -0.15) is 0 Å². The summed E-state index contributed by atoms with van der Waals surface area (Å²) in [5.74, 6) is 2.39. The van der Waals surface area contributed by atoms with E-state index in [0.717, 1.165) is 102 Å². The summed E-state index contributed by atoms with van der Waals surface area (Å²) < 4.78 is 12.9. The molecule has 6 heteroatoms. The number of aromatic hydroxyl groups is 1. The molecule has 1 saturated carbocycles. The Morgan fingerprint density at radius 2 is 1.73 bits per heavy atom. The SMILES string of the molecule is C=CCN1CC[C@]23c4c5c(O)cc(OC)c4O[C@H]2[C@@H](N(CCCCc2ccccc2)C(=O)CCCCCc2ccccc2)CC[C@H]3[C@H]1C5. The van der Waals surface area contributed by atoms with Crippen LogP contribution in [0.25, 0.3) is 0 Å². The standard InChI is InChI=1S/C42H52N2O4/c1-3-25-43-27-24-42-33-22-23-34(41(42)48-40-37(47-2)29-36(45)32(39(40)42)28-35(33)43)44(26-14-13-20-31-17-9-5-10-18-31)38(46)21-12-6-11-19-30-15-7-4-8-16-30/h3-5,7-10,15-18,29,33-35,41,45H,1,6,11-14,19-28H2,2H3/t33-,34-,35+,41-,42-/m0/s1. The largest absolute Gasteiger partial charge is 0.508 e. The highest BCUT2D eigenvalue weighted by Gasteiger charge is 2.67. The molecule has 3 aromatic rings. The number of unbranched alkanes of at least 4 members (excludes halogenated alkanes) is 3. The van der Waals surface area contributed by atoms with Crippen molar-refractivity contribution in [2.75, 3.05) is 26.7 Å². The molecule has 2 heterocycles. The molecule has 5 atom stereocenters. The first-order chi connectivity index (χ1) is 23.5. The summed E-state index contributed by atoms with van der Waals surface area (Å²) in [5.41, 5.74) is 4.66. The maximum atomic E-state index is 14.3. The van der Waals surface area contributed by atoms with Crippen LogP contribution >= 0.6 is 0 Å². The fraction of sp³-hybridized carbons (Fsp3) is 0.500. The van der Waals surface area contributed by atoms with Crippen molar-refractivity contribution in [3.05, 3.63) is 102 Å². The number of nitrogens with zero attached hydrogens (tertiary/aromatic N) is 2. The lowest BCUT2D eigenvalue weighted by Crippen LogP contribution is -2.69. The van der Waals surface area contributed by atoms with Crippen LogP contribution in [-0.2, 0) is 29.5 Å². The van der Waals surface area contributed by atoms with Crippen molar-refractivity contribution in [2.45, 2.75) is 101 Å². The minimum absolute atomic E-state index is 0.00778. The van der Waals surface area contributed by atoms with E-state index in [4.69, 9.17) is 9.47 Å². The monoisotopic (exact) mass is 648 g/mol. The van der Waals surface area contributed by atoms with Crippen molar-refractivity contribution >= 4 is 5.91 Å². The fourth-order valence-corrected chi connectivity index (χ4v) is 9.82. The van der Waals surface area contributed by atoms with Crippen LogP contribution in [-0.4, -0.2) is 65.7 Å². The van der Waals surface area contributed by atoms with Gasteiger partial charge in [0.25, 0.3) is 0 Å². The minimum atomic E-state index is -0.238. The number of methoxy groups -OCH3 is 1. The molecule has 0 aromatic heterocycles. The van der Waals surface area contributed by atoms with E-state index in [9.17, 15) is 9.90 Å². The smallest absolute Gasteiger partial charge is 0.222 e. The van der Waals surface area contributed by atoms with Crippen LogP contribution < -0.4 is 9.47 Å². The second-order valence-electron chi connectivity index (χ2n) is 14.5. The summed E-state index contributed by atoms with van der Waals surface area (Å²) >= 11 is 0. The molecule has 1 spiro atoms. The van der Waals surface area contributed by atoms with E-state index in [1.54, 1.807) is 13.2 Å². The molecule has 1 saturated heterocycles. The van der Waals surface area contributed by atoms with Gasteiger partial charge in [0.1, 0.15) is 11.9 Å². The van der Waals surface area contributed by atoms with Gasteiger partial charge in [-0.1, -0.05) is 73.2 Å². The van der Waals surface area contributed by atoms with Crippen molar-refractivity contribution < 1.29 is 19.4 Å². The first-order valence-electron chi connectivity index (χ1n) is 18.4. The predicted octanol–water partition coefficient (Wildman–Crippen LogP) is 7.65. The van der Waals surface area contributed by atoms with Gasteiger partial charge in [0.2, 0.25) is 5.91 Å². The van der Waals surface area contributed by atoms with Gasteiger partial charge in [0, 0.05) is 48.2 Å². The summed E-state index contributed by atoms with van der Waals surface area (Å²) in [4.78, 5) is 19.1. The van der Waals surface area contributed by atoms with Gasteiger partial charge in [0.15, 0.2) is 11.5 Å². The lowest BCUT2D eigenvalue weighted by atomic mass is 9.50. The number of amides is 1. The number of phenols is 1. The molecule has 2 bridgehead atoms. The normalized spacial score (nSPS) is 25.2. The summed E-state index contributed by atoms with van der Waals surface area (Å²) in [6.45, 7) is 6.62. The number of carbonyl (C=O) groups is 1. The van der Waals surface area contributed by atoms with Crippen molar-refractivity contribution in [3.63, 3.8) is 0 Å². The zero-order valence-electron chi connectivity index (χ0n) is 28.6. The molecular formula is C42H52N2O4. The lowest BCUT2D eigenvalue weighted by molar-refractivity contribution is -0.142. The third-order valence-corrected chi connectivity index (χ3v) is 12.0. The topological polar surface area (TPSA) is 62.2 Å². The number of hydrogen-bond donors (Lipinski definition) is 1. The van der Waals surface area contributed by atoms with Gasteiger partial charge >= 0.3 is 0 Å². The number of piperidine rings is 1. The van der Waals surface area contributed by atoms with Crippen molar-refractivity contribution in [2.24, 2.45) is 5.92 Å². The van der Waals surface area contributed by atoms with Crippen LogP contribution in [0.2, 0.25) is 0 Å². The van der Waals surface area contributed by atoms with Gasteiger partial charge in [0.05, 0.1) is 13.2 Å². The van der Waals surface area contributed by atoms with Gasteiger partial charge in [-0.05, 0) is 87.8 Å². The highest BCUT2D eigenvalue weighted by atomic mass is 16.5. The van der Waals surface area contributed by atoms with Gasteiger partial charge < -0.3 is 19.5 Å². The average Bonchev–Trinajstić information content (AvgIpc) is 3.45. The maximum absolute atomic E-state index is 14.3. The zero-order chi connectivity index (χ0) is 33.1. The molecule has 254 valence electrons. The van der Waals surface area contributed by atoms with Crippen LogP contribution in [0.15, 0.2) is 79.4 Å². The number of aryl methyl sites for hydroxylation is 2. The average molecular weight is 649 g/mol. The van der Waals surface area contributed by atoms with E-state index >= 15 is 0 Å². The molecule has 2 aliphatic heterocycles. The van der Waals surface area contributed by atoms with E-state index in [0.29, 0.717) is 29.9 Å². The predicted molar refractivity (Wildman–Crippen MR) is 191 cm³/mol. The van der Waals surface area contributed by atoms with Crippen LogP contribution in [0.5, 0.6) is 17.2 Å². The molecule has 0 radical (unpaired) electrons. The van der Waals surface area contributed by atoms with Crippen molar-refractivity contribution in [1.29, 1.82) is 0 Å². The van der Waals surface area contributed by atoms with Crippen LogP contribution in [0, 0.1) is 5.92 Å². The molecule has 0 unspecified atom stereocenters. The van der Waals surface area contributed by atoms with E-state index < -0.39 is 0 Å². The quantitative estimate of drug-likeness (QED) is 0.136. The first kappa shape index (κ1) is 32.8.